The lowest BCUT2D eigenvalue weighted by Crippen LogP contribution is -2.27. The Morgan fingerprint density at radius 1 is 1.26 bits per heavy atom. The zero-order valence-electron chi connectivity index (χ0n) is 12.5. The molecule has 0 saturated heterocycles. The molecule has 23 heavy (non-hydrogen) atoms. The highest BCUT2D eigenvalue weighted by atomic mass is 15.2. The van der Waals surface area contributed by atoms with Crippen molar-refractivity contribution >= 4 is 16.9 Å². The first-order chi connectivity index (χ1) is 11.2. The van der Waals surface area contributed by atoms with Gasteiger partial charge in [-0.25, -0.2) is 4.52 Å². The van der Waals surface area contributed by atoms with Crippen LogP contribution in [0.2, 0.25) is 0 Å². The molecule has 3 N–H and O–H groups in total. The second-order valence-corrected chi connectivity index (χ2v) is 5.84. The van der Waals surface area contributed by atoms with E-state index in [0.29, 0.717) is 17.3 Å². The van der Waals surface area contributed by atoms with E-state index in [4.69, 9.17) is 11.0 Å². The molecule has 3 aromatic heterocycles. The van der Waals surface area contributed by atoms with E-state index in [2.05, 4.69) is 21.5 Å². The van der Waals surface area contributed by atoms with Crippen molar-refractivity contribution in [2.45, 2.75) is 25.3 Å². The maximum absolute atomic E-state index is 8.97. The minimum Gasteiger partial charge on any atom is -0.396 e. The molecule has 0 spiro atoms. The van der Waals surface area contributed by atoms with Crippen molar-refractivity contribution in [2.75, 3.05) is 11.1 Å². The van der Waals surface area contributed by atoms with Gasteiger partial charge in [0.05, 0.1) is 46.2 Å². The molecule has 1 aliphatic carbocycles. The zero-order valence-corrected chi connectivity index (χ0v) is 12.5. The molecule has 0 amide bonds. The van der Waals surface area contributed by atoms with Gasteiger partial charge < -0.3 is 11.1 Å². The average molecular weight is 304 g/mol. The lowest BCUT2D eigenvalue weighted by atomic mass is 9.93. The van der Waals surface area contributed by atoms with Gasteiger partial charge in [0.25, 0.3) is 0 Å². The number of nitrogen functional groups attached to an aromatic ring is 1. The van der Waals surface area contributed by atoms with Crippen molar-refractivity contribution in [1.29, 1.82) is 5.26 Å². The van der Waals surface area contributed by atoms with Crippen LogP contribution in [0.1, 0.15) is 24.8 Å². The molecule has 0 atom stereocenters. The fourth-order valence-electron chi connectivity index (χ4n) is 2.76. The van der Waals surface area contributed by atoms with Gasteiger partial charge in [-0.05, 0) is 43.5 Å². The molecule has 6 heteroatoms. The van der Waals surface area contributed by atoms with E-state index < -0.39 is 0 Å². The average Bonchev–Trinajstić information content (AvgIpc) is 2.95. The maximum atomic E-state index is 8.97. The van der Waals surface area contributed by atoms with Gasteiger partial charge in [-0.2, -0.15) is 10.4 Å². The topological polar surface area (TPSA) is 92.0 Å². The quantitative estimate of drug-likeness (QED) is 0.776. The van der Waals surface area contributed by atoms with Crippen LogP contribution in [0.3, 0.4) is 0 Å². The number of hydrogen-bond donors (Lipinski definition) is 2. The minimum atomic E-state index is 0.507. The molecule has 0 aromatic carbocycles. The summed E-state index contributed by atoms with van der Waals surface area (Å²) in [5, 5.41) is 16.8. The number of hydrogen-bond acceptors (Lipinski definition) is 5. The standard InChI is InChI=1S/C17H16N6/c18-8-11-6-13-4-5-17(23(13)21-9-11)16-7-15(14(19)10-20-16)22-12-2-1-3-12/h4-7,9-10,12H,1-3,19H2,(H,20,22). The van der Waals surface area contributed by atoms with Crippen LogP contribution in [0.15, 0.2) is 36.7 Å². The monoisotopic (exact) mass is 304 g/mol. The Morgan fingerprint density at radius 3 is 2.87 bits per heavy atom. The number of rotatable bonds is 3. The van der Waals surface area contributed by atoms with Gasteiger partial charge in [0, 0.05) is 6.04 Å². The highest BCUT2D eigenvalue weighted by Gasteiger charge is 2.18. The first-order valence-electron chi connectivity index (χ1n) is 7.65. The lowest BCUT2D eigenvalue weighted by Gasteiger charge is -2.28. The number of anilines is 2. The molecule has 0 aliphatic heterocycles. The van der Waals surface area contributed by atoms with Crippen molar-refractivity contribution < 1.29 is 0 Å². The number of nitrogens with two attached hydrogens (primary N) is 1. The fraction of sp³-hybridized carbons (Fsp3) is 0.235. The van der Waals surface area contributed by atoms with Crippen LogP contribution < -0.4 is 11.1 Å². The summed E-state index contributed by atoms with van der Waals surface area (Å²) in [4.78, 5) is 4.43. The summed E-state index contributed by atoms with van der Waals surface area (Å²) in [5.41, 5.74) is 10.7. The summed E-state index contributed by atoms with van der Waals surface area (Å²) in [6.45, 7) is 0. The molecule has 3 aromatic rings. The van der Waals surface area contributed by atoms with Crippen molar-refractivity contribution in [1.82, 2.24) is 14.6 Å². The number of aromatic nitrogens is 3. The van der Waals surface area contributed by atoms with E-state index in [0.717, 1.165) is 22.6 Å². The molecule has 1 aliphatic rings. The molecule has 6 nitrogen and oxygen atoms in total. The van der Waals surface area contributed by atoms with Crippen molar-refractivity contribution in [2.24, 2.45) is 0 Å². The highest BCUT2D eigenvalue weighted by Crippen LogP contribution is 2.30. The normalized spacial score (nSPS) is 14.4. The van der Waals surface area contributed by atoms with Gasteiger partial charge in [0.2, 0.25) is 0 Å². The van der Waals surface area contributed by atoms with Crippen LogP contribution in [0.25, 0.3) is 16.9 Å². The maximum Gasteiger partial charge on any atom is 0.101 e. The second-order valence-electron chi connectivity index (χ2n) is 5.84. The molecular weight excluding hydrogens is 288 g/mol. The third-order valence-corrected chi connectivity index (χ3v) is 4.29. The zero-order chi connectivity index (χ0) is 15.8. The molecule has 3 heterocycles. The van der Waals surface area contributed by atoms with Crippen LogP contribution >= 0.6 is 0 Å². The van der Waals surface area contributed by atoms with Crippen LogP contribution in [0, 0.1) is 11.3 Å². The molecule has 4 rings (SSSR count). The number of pyridine rings is 1. The van der Waals surface area contributed by atoms with Gasteiger partial charge >= 0.3 is 0 Å². The summed E-state index contributed by atoms with van der Waals surface area (Å²) in [6, 6.07) is 10.3. The number of nitrogens with one attached hydrogen (secondary N) is 1. The minimum absolute atomic E-state index is 0.507. The Labute approximate surface area is 133 Å². The Hall–Kier alpha value is -3.07. The SMILES string of the molecule is N#Cc1cnn2c(-c3cc(NC4CCC4)c(N)cn3)ccc2c1. The Bertz CT molecular complexity index is 916. The first kappa shape index (κ1) is 13.6. The van der Waals surface area contributed by atoms with Crippen molar-refractivity contribution in [3.63, 3.8) is 0 Å². The van der Waals surface area contributed by atoms with Gasteiger partial charge in [0.1, 0.15) is 6.07 Å². The van der Waals surface area contributed by atoms with Crippen LogP contribution in [-0.2, 0) is 0 Å². The molecule has 0 unspecified atom stereocenters. The fourth-order valence-corrected chi connectivity index (χ4v) is 2.76. The molecule has 0 bridgehead atoms. The molecule has 0 radical (unpaired) electrons. The predicted molar refractivity (Wildman–Crippen MR) is 88.8 cm³/mol. The predicted octanol–water partition coefficient (Wildman–Crippen LogP) is 2.81. The first-order valence-corrected chi connectivity index (χ1v) is 7.65. The summed E-state index contributed by atoms with van der Waals surface area (Å²) >= 11 is 0. The molecule has 114 valence electrons. The van der Waals surface area contributed by atoms with Gasteiger partial charge in [-0.1, -0.05) is 0 Å². The number of fused-ring (bicyclic) bond motifs is 1. The molecule has 1 saturated carbocycles. The molecular formula is C17H16N6. The number of nitrogens with zero attached hydrogens (tertiary/aromatic N) is 4. The Kier molecular flexibility index (Phi) is 3.12. The summed E-state index contributed by atoms with van der Waals surface area (Å²) in [5.74, 6) is 0. The smallest absolute Gasteiger partial charge is 0.101 e. The van der Waals surface area contributed by atoms with Crippen molar-refractivity contribution in [3.8, 4) is 17.5 Å². The van der Waals surface area contributed by atoms with E-state index in [9.17, 15) is 0 Å². The Balaban J connectivity index is 1.75. The van der Waals surface area contributed by atoms with Crippen LogP contribution in [0.4, 0.5) is 11.4 Å². The second kappa shape index (κ2) is 5.29. The van der Waals surface area contributed by atoms with E-state index >= 15 is 0 Å². The molecule has 1 fully saturated rings. The third kappa shape index (κ3) is 2.36. The summed E-state index contributed by atoms with van der Waals surface area (Å²) < 4.78 is 1.78. The van der Waals surface area contributed by atoms with E-state index in [1.54, 1.807) is 23.0 Å². The largest absolute Gasteiger partial charge is 0.396 e. The van der Waals surface area contributed by atoms with Gasteiger partial charge in [-0.15, -0.1) is 0 Å². The van der Waals surface area contributed by atoms with E-state index in [1.807, 2.05) is 18.2 Å². The van der Waals surface area contributed by atoms with Crippen LogP contribution in [-0.4, -0.2) is 20.6 Å². The summed E-state index contributed by atoms with van der Waals surface area (Å²) in [6.07, 6.45) is 6.87. The Morgan fingerprint density at radius 2 is 2.13 bits per heavy atom. The summed E-state index contributed by atoms with van der Waals surface area (Å²) in [7, 11) is 0. The third-order valence-electron chi connectivity index (χ3n) is 4.29. The highest BCUT2D eigenvalue weighted by molar-refractivity contribution is 5.73. The van der Waals surface area contributed by atoms with Crippen molar-refractivity contribution in [3.05, 3.63) is 42.2 Å². The van der Waals surface area contributed by atoms with Gasteiger partial charge in [0.15, 0.2) is 0 Å². The van der Waals surface area contributed by atoms with E-state index in [1.165, 1.54) is 19.3 Å². The van der Waals surface area contributed by atoms with E-state index in [-0.39, 0.29) is 0 Å². The van der Waals surface area contributed by atoms with Gasteiger partial charge in [-0.3, -0.25) is 4.98 Å². The lowest BCUT2D eigenvalue weighted by molar-refractivity contribution is 0.446. The van der Waals surface area contributed by atoms with Crippen LogP contribution in [0.5, 0.6) is 0 Å². The number of nitriles is 1.